The van der Waals surface area contributed by atoms with Crippen molar-refractivity contribution in [1.82, 2.24) is 14.9 Å². The monoisotopic (exact) mass is 432 g/mol. The third-order valence-electron chi connectivity index (χ3n) is 3.81. The number of hydrogen-bond acceptors (Lipinski definition) is 7. The maximum absolute atomic E-state index is 12.5. The summed E-state index contributed by atoms with van der Waals surface area (Å²) < 4.78 is 32.6. The molecule has 0 atom stereocenters. The number of ether oxygens (including phenoxy) is 1. The number of hydrogen-bond donors (Lipinski definition) is 2. The number of benzene rings is 2. The molecule has 0 aliphatic heterocycles. The molecule has 1 heterocycles. The van der Waals surface area contributed by atoms with Crippen molar-refractivity contribution in [1.29, 1.82) is 0 Å². The Morgan fingerprint density at radius 2 is 1.93 bits per heavy atom. The molecule has 0 aliphatic carbocycles. The SMILES string of the molecule is CCOc1cccc(CNS(=O)(=O)c2nnc(NC(=O)c3cccc(C)c3)s2)c1. The Labute approximate surface area is 173 Å². The van der Waals surface area contributed by atoms with Crippen LogP contribution in [0.15, 0.2) is 52.9 Å². The Morgan fingerprint density at radius 1 is 1.14 bits per heavy atom. The molecule has 1 aromatic heterocycles. The molecule has 0 bridgehead atoms. The Bertz CT molecular complexity index is 1110. The fraction of sp³-hybridized carbons (Fsp3) is 0.211. The fourth-order valence-corrected chi connectivity index (χ4v) is 4.43. The molecule has 10 heteroatoms. The number of aryl methyl sites for hydroxylation is 1. The van der Waals surface area contributed by atoms with Gasteiger partial charge in [0.15, 0.2) is 0 Å². The third kappa shape index (κ3) is 5.59. The summed E-state index contributed by atoms with van der Waals surface area (Å²) >= 11 is 0.784. The van der Waals surface area contributed by atoms with Crippen LogP contribution < -0.4 is 14.8 Å². The largest absolute Gasteiger partial charge is 0.494 e. The van der Waals surface area contributed by atoms with Gasteiger partial charge in [-0.3, -0.25) is 10.1 Å². The highest BCUT2D eigenvalue weighted by atomic mass is 32.2. The Kier molecular flexibility index (Phi) is 6.57. The lowest BCUT2D eigenvalue weighted by atomic mass is 10.1. The van der Waals surface area contributed by atoms with Crippen molar-refractivity contribution in [3.8, 4) is 5.75 Å². The van der Waals surface area contributed by atoms with E-state index < -0.39 is 10.0 Å². The normalized spacial score (nSPS) is 11.2. The number of sulfonamides is 1. The zero-order chi connectivity index (χ0) is 20.9. The first kappa shape index (κ1) is 20.9. The highest BCUT2D eigenvalue weighted by Crippen LogP contribution is 2.21. The molecular formula is C19H20N4O4S2. The van der Waals surface area contributed by atoms with Crippen molar-refractivity contribution in [3.05, 3.63) is 65.2 Å². The number of aromatic nitrogens is 2. The van der Waals surface area contributed by atoms with E-state index in [-0.39, 0.29) is 21.9 Å². The highest BCUT2D eigenvalue weighted by molar-refractivity contribution is 7.91. The minimum atomic E-state index is -3.87. The van der Waals surface area contributed by atoms with E-state index in [9.17, 15) is 13.2 Å². The van der Waals surface area contributed by atoms with Crippen LogP contribution in [0.3, 0.4) is 0 Å². The molecule has 0 unspecified atom stereocenters. The molecule has 8 nitrogen and oxygen atoms in total. The van der Waals surface area contributed by atoms with Crippen molar-refractivity contribution in [2.24, 2.45) is 0 Å². The molecule has 0 aliphatic rings. The third-order valence-corrected chi connectivity index (χ3v) is 6.42. The van der Waals surface area contributed by atoms with Crippen LogP contribution in [0.2, 0.25) is 0 Å². The lowest BCUT2D eigenvalue weighted by Crippen LogP contribution is -2.23. The topological polar surface area (TPSA) is 110 Å². The van der Waals surface area contributed by atoms with Crippen LogP contribution in [0.5, 0.6) is 5.75 Å². The van der Waals surface area contributed by atoms with Gasteiger partial charge in [0.05, 0.1) is 6.61 Å². The molecule has 0 fully saturated rings. The minimum Gasteiger partial charge on any atom is -0.494 e. The van der Waals surface area contributed by atoms with Crippen LogP contribution in [0.4, 0.5) is 5.13 Å². The summed E-state index contributed by atoms with van der Waals surface area (Å²) in [5.41, 5.74) is 2.14. The van der Waals surface area contributed by atoms with E-state index in [4.69, 9.17) is 4.74 Å². The second-order valence-electron chi connectivity index (χ2n) is 6.10. The fourth-order valence-electron chi connectivity index (χ4n) is 2.48. The molecule has 1 amide bonds. The summed E-state index contributed by atoms with van der Waals surface area (Å²) in [6, 6.07) is 14.2. The summed E-state index contributed by atoms with van der Waals surface area (Å²) in [6.07, 6.45) is 0. The average Bonchev–Trinajstić information content (AvgIpc) is 3.17. The van der Waals surface area contributed by atoms with E-state index in [0.29, 0.717) is 17.9 Å². The van der Waals surface area contributed by atoms with Crippen molar-refractivity contribution >= 4 is 32.4 Å². The molecule has 3 rings (SSSR count). The van der Waals surface area contributed by atoms with Crippen LogP contribution in [0.25, 0.3) is 0 Å². The van der Waals surface area contributed by atoms with Gasteiger partial charge in [0.2, 0.25) is 9.47 Å². The van der Waals surface area contributed by atoms with Gasteiger partial charge in [-0.25, -0.2) is 13.1 Å². The molecule has 152 valence electrons. The van der Waals surface area contributed by atoms with Crippen LogP contribution in [0, 0.1) is 6.92 Å². The number of amides is 1. The van der Waals surface area contributed by atoms with Gasteiger partial charge in [-0.15, -0.1) is 10.2 Å². The quantitative estimate of drug-likeness (QED) is 0.530. The number of anilines is 1. The van der Waals surface area contributed by atoms with E-state index in [1.165, 1.54) is 0 Å². The molecule has 29 heavy (non-hydrogen) atoms. The maximum atomic E-state index is 12.5. The van der Waals surface area contributed by atoms with Crippen LogP contribution >= 0.6 is 11.3 Å². The van der Waals surface area contributed by atoms with Crippen molar-refractivity contribution < 1.29 is 17.9 Å². The number of carbonyl (C=O) groups excluding carboxylic acids is 1. The smallest absolute Gasteiger partial charge is 0.270 e. The maximum Gasteiger partial charge on any atom is 0.270 e. The number of nitrogens with zero attached hydrogens (tertiary/aromatic N) is 2. The molecule has 0 saturated carbocycles. The van der Waals surface area contributed by atoms with Gasteiger partial charge in [0.25, 0.3) is 15.9 Å². The molecular weight excluding hydrogens is 412 g/mol. The van der Waals surface area contributed by atoms with E-state index in [1.54, 1.807) is 42.5 Å². The summed E-state index contributed by atoms with van der Waals surface area (Å²) in [5.74, 6) is 0.288. The summed E-state index contributed by atoms with van der Waals surface area (Å²) in [5, 5.41) is 10.1. The Balaban J connectivity index is 1.65. The molecule has 3 aromatic rings. The number of nitrogens with one attached hydrogen (secondary N) is 2. The molecule has 0 saturated heterocycles. The summed E-state index contributed by atoms with van der Waals surface area (Å²) in [6.45, 7) is 4.35. The van der Waals surface area contributed by atoms with Crippen molar-refractivity contribution in [2.75, 3.05) is 11.9 Å². The predicted molar refractivity (Wildman–Crippen MR) is 111 cm³/mol. The first-order valence-electron chi connectivity index (χ1n) is 8.80. The summed E-state index contributed by atoms with van der Waals surface area (Å²) in [7, 11) is -3.87. The van der Waals surface area contributed by atoms with Crippen molar-refractivity contribution in [3.63, 3.8) is 0 Å². The first-order valence-corrected chi connectivity index (χ1v) is 11.1. The number of carbonyl (C=O) groups is 1. The van der Waals surface area contributed by atoms with Gasteiger partial charge in [-0.2, -0.15) is 0 Å². The molecule has 0 spiro atoms. The van der Waals surface area contributed by atoms with Gasteiger partial charge >= 0.3 is 0 Å². The molecule has 2 N–H and O–H groups in total. The van der Waals surface area contributed by atoms with Gasteiger partial charge in [0.1, 0.15) is 5.75 Å². The lowest BCUT2D eigenvalue weighted by molar-refractivity contribution is 0.102. The minimum absolute atomic E-state index is 0.0772. The Morgan fingerprint density at radius 3 is 2.69 bits per heavy atom. The second-order valence-corrected chi connectivity index (χ2v) is 9.02. The van der Waals surface area contributed by atoms with Gasteiger partial charge < -0.3 is 4.74 Å². The van der Waals surface area contributed by atoms with Gasteiger partial charge in [-0.05, 0) is 43.7 Å². The van der Waals surface area contributed by atoms with E-state index >= 15 is 0 Å². The van der Waals surface area contributed by atoms with Crippen LogP contribution in [-0.4, -0.2) is 31.1 Å². The van der Waals surface area contributed by atoms with E-state index in [0.717, 1.165) is 22.5 Å². The molecule has 2 aromatic carbocycles. The Hall–Kier alpha value is -2.82. The highest BCUT2D eigenvalue weighted by Gasteiger charge is 2.21. The van der Waals surface area contributed by atoms with Gasteiger partial charge in [-0.1, -0.05) is 41.2 Å². The summed E-state index contributed by atoms with van der Waals surface area (Å²) in [4.78, 5) is 12.3. The van der Waals surface area contributed by atoms with Crippen molar-refractivity contribution in [2.45, 2.75) is 24.7 Å². The predicted octanol–water partition coefficient (Wildman–Crippen LogP) is 2.98. The van der Waals surface area contributed by atoms with E-state index in [2.05, 4.69) is 20.2 Å². The standard InChI is InChI=1S/C19H20N4O4S2/c1-3-27-16-9-5-7-14(11-16)12-20-29(25,26)19-23-22-18(28-19)21-17(24)15-8-4-6-13(2)10-15/h4-11,20H,3,12H2,1-2H3,(H,21,22,24). The van der Waals surface area contributed by atoms with Gasteiger partial charge in [0, 0.05) is 12.1 Å². The van der Waals surface area contributed by atoms with E-state index in [1.807, 2.05) is 19.9 Å². The zero-order valence-electron chi connectivity index (χ0n) is 15.9. The molecule has 0 radical (unpaired) electrons. The second kappa shape index (κ2) is 9.12. The number of rotatable bonds is 8. The lowest BCUT2D eigenvalue weighted by Gasteiger charge is -2.07. The zero-order valence-corrected chi connectivity index (χ0v) is 17.5. The van der Waals surface area contributed by atoms with Crippen LogP contribution in [0.1, 0.15) is 28.4 Å². The average molecular weight is 433 g/mol. The van der Waals surface area contributed by atoms with Crippen LogP contribution in [-0.2, 0) is 16.6 Å². The first-order chi connectivity index (χ1) is 13.9.